The Hall–Kier alpha value is -0.900. The summed E-state index contributed by atoms with van der Waals surface area (Å²) in [7, 11) is 0. The van der Waals surface area contributed by atoms with Gasteiger partial charge in [-0.05, 0) is 6.42 Å². The Balaban J connectivity index is 2.37. The fraction of sp³-hybridized carbons (Fsp3) is 0.833. The Bertz CT molecular complexity index is 281. The molecule has 1 amide bonds. The van der Waals surface area contributed by atoms with Crippen molar-refractivity contribution >= 4 is 11.7 Å². The maximum atomic E-state index is 11.8. The van der Waals surface area contributed by atoms with E-state index in [4.69, 9.17) is 0 Å². The lowest BCUT2D eigenvalue weighted by molar-refractivity contribution is -0.127. The molecule has 1 N–H and O–H groups in total. The van der Waals surface area contributed by atoms with E-state index in [1.807, 2.05) is 20.8 Å². The van der Waals surface area contributed by atoms with E-state index >= 15 is 0 Å². The number of nitrogens with zero attached hydrogens (tertiary/aromatic N) is 1. The molecule has 0 radical (unpaired) electrons. The summed E-state index contributed by atoms with van der Waals surface area (Å²) < 4.78 is 0. The molecule has 1 aliphatic rings. The average Bonchev–Trinajstić information content (AvgIpc) is 2.49. The number of carbonyl (C=O) groups excluding carboxylic acids is 2. The number of rotatable bonds is 3. The van der Waals surface area contributed by atoms with Gasteiger partial charge in [0.05, 0.1) is 6.54 Å². The first-order valence-electron chi connectivity index (χ1n) is 5.82. The Kier molecular flexibility index (Phi) is 4.08. The predicted octanol–water partition coefficient (Wildman–Crippen LogP) is 0.812. The second-order valence-corrected chi connectivity index (χ2v) is 5.59. The van der Waals surface area contributed by atoms with Crippen LogP contribution in [0.4, 0.5) is 0 Å². The van der Waals surface area contributed by atoms with Gasteiger partial charge in [0.25, 0.3) is 0 Å². The van der Waals surface area contributed by atoms with Crippen molar-refractivity contribution in [2.24, 2.45) is 5.41 Å². The van der Waals surface area contributed by atoms with E-state index in [1.165, 1.54) is 6.92 Å². The minimum Gasteiger partial charge on any atom is -0.352 e. The molecule has 0 aliphatic carbocycles. The van der Waals surface area contributed by atoms with Gasteiger partial charge in [-0.15, -0.1) is 0 Å². The van der Waals surface area contributed by atoms with Gasteiger partial charge in [-0.1, -0.05) is 20.8 Å². The predicted molar refractivity (Wildman–Crippen MR) is 63.1 cm³/mol. The Labute approximate surface area is 97.4 Å². The molecule has 0 spiro atoms. The molecular weight excluding hydrogens is 204 g/mol. The van der Waals surface area contributed by atoms with Crippen LogP contribution >= 0.6 is 0 Å². The number of ketones is 1. The molecule has 4 nitrogen and oxygen atoms in total. The molecule has 0 aromatic heterocycles. The van der Waals surface area contributed by atoms with Crippen LogP contribution in [0.25, 0.3) is 0 Å². The summed E-state index contributed by atoms with van der Waals surface area (Å²) in [6, 6.07) is 0.213. The van der Waals surface area contributed by atoms with Crippen molar-refractivity contribution in [3.05, 3.63) is 0 Å². The number of hydrogen-bond acceptors (Lipinski definition) is 3. The Morgan fingerprint density at radius 1 is 1.38 bits per heavy atom. The lowest BCUT2D eigenvalue weighted by Gasteiger charge is -2.22. The van der Waals surface area contributed by atoms with Crippen LogP contribution in [0.2, 0.25) is 0 Å². The molecule has 0 bridgehead atoms. The van der Waals surface area contributed by atoms with Crippen LogP contribution in [0.1, 0.15) is 34.1 Å². The highest BCUT2D eigenvalue weighted by atomic mass is 16.1. The van der Waals surface area contributed by atoms with Crippen molar-refractivity contribution in [3.63, 3.8) is 0 Å². The highest BCUT2D eigenvalue weighted by molar-refractivity contribution is 5.85. The van der Waals surface area contributed by atoms with Crippen LogP contribution in [0.3, 0.4) is 0 Å². The van der Waals surface area contributed by atoms with Gasteiger partial charge in [0, 0.05) is 31.5 Å². The number of nitrogens with one attached hydrogen (secondary N) is 1. The molecule has 16 heavy (non-hydrogen) atoms. The fourth-order valence-electron chi connectivity index (χ4n) is 1.82. The second-order valence-electron chi connectivity index (χ2n) is 5.59. The van der Waals surface area contributed by atoms with Crippen LogP contribution in [0.15, 0.2) is 0 Å². The van der Waals surface area contributed by atoms with Crippen molar-refractivity contribution in [3.8, 4) is 0 Å². The topological polar surface area (TPSA) is 49.4 Å². The lowest BCUT2D eigenvalue weighted by Crippen LogP contribution is -2.38. The first kappa shape index (κ1) is 13.2. The number of amides is 1. The molecule has 0 saturated carbocycles. The summed E-state index contributed by atoms with van der Waals surface area (Å²) in [6.45, 7) is 9.54. The summed E-state index contributed by atoms with van der Waals surface area (Å²) in [4.78, 5) is 24.8. The van der Waals surface area contributed by atoms with Gasteiger partial charge in [0.15, 0.2) is 5.78 Å². The van der Waals surface area contributed by atoms with Crippen molar-refractivity contribution < 1.29 is 9.59 Å². The fourth-order valence-corrected chi connectivity index (χ4v) is 1.82. The van der Waals surface area contributed by atoms with E-state index in [2.05, 4.69) is 10.2 Å². The number of likely N-dealkylation sites (tertiary alicyclic amines) is 1. The highest BCUT2D eigenvalue weighted by Gasteiger charge is 2.28. The monoisotopic (exact) mass is 226 g/mol. The molecule has 1 heterocycles. The molecular formula is C12H22N2O2. The molecule has 1 aliphatic heterocycles. The van der Waals surface area contributed by atoms with E-state index < -0.39 is 0 Å². The molecule has 92 valence electrons. The van der Waals surface area contributed by atoms with E-state index in [9.17, 15) is 9.59 Å². The van der Waals surface area contributed by atoms with Gasteiger partial charge in [-0.25, -0.2) is 0 Å². The molecule has 0 aromatic rings. The van der Waals surface area contributed by atoms with Crippen molar-refractivity contribution in [1.29, 1.82) is 0 Å². The summed E-state index contributed by atoms with van der Waals surface area (Å²) >= 11 is 0. The first-order chi connectivity index (χ1) is 7.29. The van der Waals surface area contributed by atoms with E-state index in [1.54, 1.807) is 0 Å². The number of hydrogen-bond donors (Lipinski definition) is 1. The maximum absolute atomic E-state index is 11.8. The second kappa shape index (κ2) is 4.95. The molecule has 0 aromatic carbocycles. The third kappa shape index (κ3) is 3.93. The van der Waals surface area contributed by atoms with Crippen LogP contribution in [0, 0.1) is 5.41 Å². The van der Waals surface area contributed by atoms with Gasteiger partial charge in [-0.3, -0.25) is 14.5 Å². The molecule has 1 saturated heterocycles. The number of carbonyl (C=O) groups is 2. The molecule has 1 unspecified atom stereocenters. The normalized spacial score (nSPS) is 22.1. The quantitative estimate of drug-likeness (QED) is 0.775. The molecule has 4 heteroatoms. The van der Waals surface area contributed by atoms with Gasteiger partial charge in [0.1, 0.15) is 0 Å². The molecule has 1 atom stereocenters. The summed E-state index contributed by atoms with van der Waals surface area (Å²) in [6.07, 6.45) is 0.941. The third-order valence-electron chi connectivity index (χ3n) is 2.88. The molecule has 1 fully saturated rings. The summed E-state index contributed by atoms with van der Waals surface area (Å²) in [5, 5.41) is 2.89. The average molecular weight is 226 g/mol. The Morgan fingerprint density at radius 3 is 2.50 bits per heavy atom. The first-order valence-corrected chi connectivity index (χ1v) is 5.82. The van der Waals surface area contributed by atoms with E-state index in [0.717, 1.165) is 19.5 Å². The summed E-state index contributed by atoms with van der Waals surface area (Å²) in [5.74, 6) is 0.268. The van der Waals surface area contributed by atoms with Crippen LogP contribution in [0.5, 0.6) is 0 Å². The van der Waals surface area contributed by atoms with Crippen molar-refractivity contribution in [2.45, 2.75) is 40.2 Å². The van der Waals surface area contributed by atoms with E-state index in [0.29, 0.717) is 6.54 Å². The van der Waals surface area contributed by atoms with Crippen LogP contribution < -0.4 is 5.32 Å². The zero-order chi connectivity index (χ0) is 12.3. The highest BCUT2D eigenvalue weighted by Crippen LogP contribution is 2.17. The number of Topliss-reactive ketones (excluding diaryl/α,β-unsaturated/α-hetero) is 1. The third-order valence-corrected chi connectivity index (χ3v) is 2.88. The smallest absolute Gasteiger partial charge is 0.217 e. The van der Waals surface area contributed by atoms with E-state index in [-0.39, 0.29) is 23.1 Å². The maximum Gasteiger partial charge on any atom is 0.217 e. The zero-order valence-corrected chi connectivity index (χ0v) is 10.7. The Morgan fingerprint density at radius 2 is 2.00 bits per heavy atom. The minimum absolute atomic E-state index is 0.00833. The SMILES string of the molecule is CC(=O)NC1CCN(CC(=O)C(C)(C)C)C1. The minimum atomic E-state index is -0.272. The van der Waals surface area contributed by atoms with Gasteiger partial charge >= 0.3 is 0 Å². The largest absolute Gasteiger partial charge is 0.352 e. The standard InChI is InChI=1S/C12H22N2O2/c1-9(15)13-10-5-6-14(7-10)8-11(16)12(2,3)4/h10H,5-8H2,1-4H3,(H,13,15). The molecule has 1 rings (SSSR count). The lowest BCUT2D eigenvalue weighted by atomic mass is 9.90. The van der Waals surface area contributed by atoms with Gasteiger partial charge in [-0.2, -0.15) is 0 Å². The van der Waals surface area contributed by atoms with Crippen molar-refractivity contribution in [1.82, 2.24) is 10.2 Å². The van der Waals surface area contributed by atoms with Gasteiger partial charge < -0.3 is 5.32 Å². The van der Waals surface area contributed by atoms with Crippen molar-refractivity contribution in [2.75, 3.05) is 19.6 Å². The zero-order valence-electron chi connectivity index (χ0n) is 10.7. The van der Waals surface area contributed by atoms with Gasteiger partial charge in [0.2, 0.25) is 5.91 Å². The summed E-state index contributed by atoms with van der Waals surface area (Å²) in [5.41, 5.74) is -0.272. The van der Waals surface area contributed by atoms with Crippen LogP contribution in [-0.4, -0.2) is 42.3 Å². The van der Waals surface area contributed by atoms with Crippen LogP contribution in [-0.2, 0) is 9.59 Å².